The van der Waals surface area contributed by atoms with E-state index in [4.69, 9.17) is 20.2 Å². The molecule has 0 aromatic carbocycles. The average Bonchev–Trinajstić information content (AvgIpc) is 2.69. The fraction of sp³-hybridized carbons (Fsp3) is 1.00. The van der Waals surface area contributed by atoms with Crippen LogP contribution >= 0.6 is 20.2 Å². The summed E-state index contributed by atoms with van der Waals surface area (Å²) >= 11 is 0.00694. The molecule has 1 heterocycles. The molecule has 167 valence electrons. The Morgan fingerprint density at radius 3 is 1.43 bits per heavy atom. The molecular weight excluding hydrogens is 436 g/mol. The molecule has 0 radical (unpaired) electrons. The van der Waals surface area contributed by atoms with Gasteiger partial charge in [-0.2, -0.15) is 0 Å². The molecule has 2 aliphatic carbocycles. The standard InChI is InChI=1S/C20H41N5.2ClH.Mn/c1-20(2)15-24-19-10-6-5-9-18(19)22-12-11-21-16-7-3-4-8-17(16)23-13-14-25-20;;;/h16-19,21-25H,3-15H2,1-2H3;2*1H;/q;;;+2/p-2. The third kappa shape index (κ3) is 9.36. The van der Waals surface area contributed by atoms with E-state index in [0.29, 0.717) is 24.2 Å². The van der Waals surface area contributed by atoms with Gasteiger partial charge < -0.3 is 26.6 Å². The number of rotatable bonds is 0. The molecule has 5 nitrogen and oxygen atoms in total. The van der Waals surface area contributed by atoms with Gasteiger partial charge in [0.25, 0.3) is 0 Å². The van der Waals surface area contributed by atoms with Gasteiger partial charge in [0, 0.05) is 62.4 Å². The Labute approximate surface area is 187 Å². The zero-order chi connectivity index (χ0) is 20.2. The molecule has 4 atom stereocenters. The van der Waals surface area contributed by atoms with Crippen molar-refractivity contribution in [1.82, 2.24) is 26.6 Å². The van der Waals surface area contributed by atoms with E-state index in [1.54, 1.807) is 0 Å². The number of fused-ring (bicyclic) bond motifs is 2. The Hall–Kier alpha value is 0.899. The van der Waals surface area contributed by atoms with Gasteiger partial charge in [-0.05, 0) is 39.5 Å². The number of hydrogen-bond donors (Lipinski definition) is 5. The second-order valence-corrected chi connectivity index (χ2v) is 11.1. The van der Waals surface area contributed by atoms with Crippen LogP contribution in [-0.2, 0) is 13.1 Å². The molecule has 1 aliphatic heterocycles. The predicted molar refractivity (Wildman–Crippen MR) is 118 cm³/mol. The summed E-state index contributed by atoms with van der Waals surface area (Å²) in [7, 11) is 9.59. The second kappa shape index (κ2) is 14.1. The normalized spacial score (nSPS) is 35.1. The van der Waals surface area contributed by atoms with Crippen molar-refractivity contribution in [3.05, 3.63) is 0 Å². The summed E-state index contributed by atoms with van der Waals surface area (Å²) in [6.07, 6.45) is 10.8. The van der Waals surface area contributed by atoms with Crippen molar-refractivity contribution in [2.75, 3.05) is 32.7 Å². The molecule has 3 aliphatic rings. The van der Waals surface area contributed by atoms with Gasteiger partial charge >= 0.3 is 33.3 Å². The third-order valence-electron chi connectivity index (χ3n) is 6.41. The summed E-state index contributed by atoms with van der Waals surface area (Å²) in [6, 6.07) is 2.55. The van der Waals surface area contributed by atoms with Crippen molar-refractivity contribution in [2.45, 2.75) is 94.9 Å². The molecule has 0 amide bonds. The summed E-state index contributed by atoms with van der Waals surface area (Å²) in [6.45, 7) is 9.99. The van der Waals surface area contributed by atoms with Crippen LogP contribution in [-0.4, -0.2) is 62.4 Å². The van der Waals surface area contributed by atoms with Crippen LogP contribution < -0.4 is 26.6 Å². The summed E-state index contributed by atoms with van der Waals surface area (Å²) in [4.78, 5) is 0. The first-order valence-corrected chi connectivity index (χ1v) is 14.4. The van der Waals surface area contributed by atoms with Gasteiger partial charge in [-0.3, -0.25) is 0 Å². The number of nitrogens with one attached hydrogen (secondary N) is 5. The average molecular weight is 477 g/mol. The Morgan fingerprint density at radius 1 is 0.643 bits per heavy atom. The van der Waals surface area contributed by atoms with Crippen LogP contribution in [0.15, 0.2) is 0 Å². The Bertz CT molecular complexity index is 416. The van der Waals surface area contributed by atoms with Crippen molar-refractivity contribution in [2.24, 2.45) is 0 Å². The zero-order valence-corrected chi connectivity index (χ0v) is 20.3. The van der Waals surface area contributed by atoms with Crippen molar-refractivity contribution < 1.29 is 13.1 Å². The minimum atomic E-state index is 0.00694. The fourth-order valence-electron chi connectivity index (χ4n) is 4.86. The van der Waals surface area contributed by atoms with Crippen LogP contribution in [0.4, 0.5) is 0 Å². The minimum absolute atomic E-state index is 0.00694. The van der Waals surface area contributed by atoms with Crippen molar-refractivity contribution in [1.29, 1.82) is 0 Å². The van der Waals surface area contributed by atoms with Crippen LogP contribution in [0.2, 0.25) is 0 Å². The van der Waals surface area contributed by atoms with E-state index in [0.717, 1.165) is 32.7 Å². The summed E-state index contributed by atoms with van der Waals surface area (Å²) in [5, 5.41) is 19.1. The maximum absolute atomic E-state index is 4.80. The predicted octanol–water partition coefficient (Wildman–Crippen LogP) is 2.73. The van der Waals surface area contributed by atoms with E-state index in [9.17, 15) is 0 Å². The molecule has 4 unspecified atom stereocenters. The molecule has 0 spiro atoms. The molecule has 28 heavy (non-hydrogen) atoms. The van der Waals surface area contributed by atoms with Crippen LogP contribution in [0.3, 0.4) is 0 Å². The summed E-state index contributed by atoms with van der Waals surface area (Å²) in [5.74, 6) is 0. The van der Waals surface area contributed by atoms with Crippen LogP contribution in [0, 0.1) is 0 Å². The first-order chi connectivity index (χ1) is 13.6. The van der Waals surface area contributed by atoms with E-state index >= 15 is 0 Å². The molecular formula is C20H41Cl2MnN5. The van der Waals surface area contributed by atoms with E-state index in [1.165, 1.54) is 51.4 Å². The Balaban J connectivity index is 0.000000878. The first-order valence-electron chi connectivity index (χ1n) is 11.1. The quantitative estimate of drug-likeness (QED) is 0.348. The van der Waals surface area contributed by atoms with Crippen molar-refractivity contribution >= 4 is 20.2 Å². The number of halogens is 2. The Kier molecular flexibility index (Phi) is 12.6. The monoisotopic (exact) mass is 476 g/mol. The number of hydrogen-bond acceptors (Lipinski definition) is 5. The van der Waals surface area contributed by atoms with Crippen molar-refractivity contribution in [3.8, 4) is 0 Å². The molecule has 1 saturated heterocycles. The third-order valence-corrected chi connectivity index (χ3v) is 6.41. The van der Waals surface area contributed by atoms with Gasteiger partial charge in [-0.15, -0.1) is 0 Å². The van der Waals surface area contributed by atoms with Crippen LogP contribution in [0.5, 0.6) is 0 Å². The van der Waals surface area contributed by atoms with E-state index in [2.05, 4.69) is 40.4 Å². The van der Waals surface area contributed by atoms with Gasteiger partial charge in [-0.25, -0.2) is 0 Å². The molecule has 8 heteroatoms. The molecule has 0 aromatic heterocycles. The SMILES string of the molecule is CC1(C)CNC2CCCCC2NCCNC2CCCCC2NCCN1.[Cl][Mn][Cl]. The summed E-state index contributed by atoms with van der Waals surface area (Å²) < 4.78 is 0. The summed E-state index contributed by atoms with van der Waals surface area (Å²) in [5.41, 5.74) is 0.147. The molecule has 5 N–H and O–H groups in total. The van der Waals surface area contributed by atoms with E-state index in [1.807, 2.05) is 0 Å². The van der Waals surface area contributed by atoms with E-state index < -0.39 is 0 Å². The molecule has 3 fully saturated rings. The molecule has 2 saturated carbocycles. The Morgan fingerprint density at radius 2 is 1.00 bits per heavy atom. The zero-order valence-electron chi connectivity index (χ0n) is 17.6. The molecule has 3 rings (SSSR count). The molecule has 0 bridgehead atoms. The van der Waals surface area contributed by atoms with Gasteiger partial charge in [0.05, 0.1) is 0 Å². The van der Waals surface area contributed by atoms with Crippen LogP contribution in [0.1, 0.15) is 65.2 Å². The van der Waals surface area contributed by atoms with Gasteiger partial charge in [0.1, 0.15) is 0 Å². The second-order valence-electron chi connectivity index (χ2n) is 9.10. The van der Waals surface area contributed by atoms with Gasteiger partial charge in [0.15, 0.2) is 0 Å². The van der Waals surface area contributed by atoms with Gasteiger partial charge in [0.2, 0.25) is 0 Å². The maximum atomic E-state index is 4.80. The van der Waals surface area contributed by atoms with Gasteiger partial charge in [-0.1, -0.05) is 25.7 Å². The first kappa shape index (κ1) is 25.2. The topological polar surface area (TPSA) is 60.1 Å². The van der Waals surface area contributed by atoms with Crippen molar-refractivity contribution in [3.63, 3.8) is 0 Å². The molecule has 0 aromatic rings. The van der Waals surface area contributed by atoms with Crippen LogP contribution in [0.25, 0.3) is 0 Å². The fourth-order valence-corrected chi connectivity index (χ4v) is 4.86. The van der Waals surface area contributed by atoms with E-state index in [-0.39, 0.29) is 18.7 Å².